The standard InChI is InChI=1S/C21H28N2O4/c24-19(8-7-16-4-3-13-26-16)23-15-9-11-21(12-10-15)14-22-20(25)17-5-1-2-6-18(17)27-21/h1-2,5-6,15-16H,3-4,7-14H2,(H,22,25)(H,23,24)/t15?,16-,21?/m0/s1. The molecule has 1 aromatic rings. The van der Waals surface area contributed by atoms with Gasteiger partial charge in [-0.15, -0.1) is 0 Å². The van der Waals surface area contributed by atoms with Gasteiger partial charge >= 0.3 is 0 Å². The van der Waals surface area contributed by atoms with Crippen LogP contribution in [0.15, 0.2) is 24.3 Å². The Morgan fingerprint density at radius 3 is 2.81 bits per heavy atom. The van der Waals surface area contributed by atoms with Crippen LogP contribution in [-0.4, -0.2) is 42.7 Å². The van der Waals surface area contributed by atoms with Crippen LogP contribution in [0.5, 0.6) is 5.75 Å². The van der Waals surface area contributed by atoms with E-state index in [2.05, 4.69) is 10.6 Å². The number of carbonyl (C=O) groups is 2. The highest BCUT2D eigenvalue weighted by Gasteiger charge is 2.40. The lowest BCUT2D eigenvalue weighted by Crippen LogP contribution is -2.51. The molecule has 6 nitrogen and oxygen atoms in total. The van der Waals surface area contributed by atoms with Crippen LogP contribution in [0.2, 0.25) is 0 Å². The van der Waals surface area contributed by atoms with Crippen LogP contribution in [0.4, 0.5) is 0 Å². The first-order valence-corrected chi connectivity index (χ1v) is 10.1. The van der Waals surface area contributed by atoms with Crippen LogP contribution in [0, 0.1) is 0 Å². The van der Waals surface area contributed by atoms with Gasteiger partial charge in [0, 0.05) is 19.1 Å². The smallest absolute Gasteiger partial charge is 0.255 e. The van der Waals surface area contributed by atoms with E-state index >= 15 is 0 Å². The Balaban J connectivity index is 1.29. The molecular weight excluding hydrogens is 344 g/mol. The number of fused-ring (bicyclic) bond motifs is 1. The maximum Gasteiger partial charge on any atom is 0.255 e. The Kier molecular flexibility index (Phi) is 5.34. The lowest BCUT2D eigenvalue weighted by molar-refractivity contribution is -0.123. The quantitative estimate of drug-likeness (QED) is 0.852. The van der Waals surface area contributed by atoms with Gasteiger partial charge in [-0.1, -0.05) is 12.1 Å². The Labute approximate surface area is 160 Å². The van der Waals surface area contributed by atoms with Gasteiger partial charge in [-0.05, 0) is 57.1 Å². The second-order valence-electron chi connectivity index (χ2n) is 7.98. The molecule has 0 aromatic heterocycles. The third kappa shape index (κ3) is 4.26. The summed E-state index contributed by atoms with van der Waals surface area (Å²) in [4.78, 5) is 24.5. The number of nitrogens with one attached hydrogen (secondary N) is 2. The van der Waals surface area contributed by atoms with Crippen molar-refractivity contribution in [3.05, 3.63) is 29.8 Å². The summed E-state index contributed by atoms with van der Waals surface area (Å²) in [6.45, 7) is 1.34. The van der Waals surface area contributed by atoms with E-state index in [4.69, 9.17) is 9.47 Å². The molecule has 4 rings (SSSR count). The predicted molar refractivity (Wildman–Crippen MR) is 101 cm³/mol. The van der Waals surface area contributed by atoms with Crippen molar-refractivity contribution in [3.8, 4) is 5.75 Å². The number of ether oxygens (including phenoxy) is 2. The molecule has 1 saturated carbocycles. The minimum Gasteiger partial charge on any atom is -0.485 e. The average Bonchev–Trinajstić information content (AvgIpc) is 3.16. The van der Waals surface area contributed by atoms with Crippen molar-refractivity contribution >= 4 is 11.8 Å². The summed E-state index contributed by atoms with van der Waals surface area (Å²) in [7, 11) is 0. The van der Waals surface area contributed by atoms with Crippen LogP contribution in [0.1, 0.15) is 61.7 Å². The van der Waals surface area contributed by atoms with E-state index in [1.807, 2.05) is 18.2 Å². The molecule has 1 aromatic carbocycles. The van der Waals surface area contributed by atoms with E-state index in [0.29, 0.717) is 24.3 Å². The number of hydrogen-bond donors (Lipinski definition) is 2. The summed E-state index contributed by atoms with van der Waals surface area (Å²) in [6.07, 6.45) is 7.15. The first kappa shape index (κ1) is 18.3. The number of rotatable bonds is 4. The van der Waals surface area contributed by atoms with Gasteiger partial charge in [0.1, 0.15) is 11.4 Å². The lowest BCUT2D eigenvalue weighted by atomic mass is 9.81. The molecule has 0 unspecified atom stereocenters. The fraction of sp³-hybridized carbons (Fsp3) is 0.619. The van der Waals surface area contributed by atoms with Crippen LogP contribution in [0.25, 0.3) is 0 Å². The SMILES string of the molecule is O=C(CC[C@@H]1CCCO1)NC1CCC2(CC1)CNC(=O)c1ccccc1O2. The topological polar surface area (TPSA) is 76.7 Å². The van der Waals surface area contributed by atoms with Crippen molar-refractivity contribution in [2.45, 2.75) is 69.1 Å². The van der Waals surface area contributed by atoms with Gasteiger partial charge in [0.15, 0.2) is 0 Å². The molecule has 3 aliphatic rings. The molecule has 2 aliphatic heterocycles. The van der Waals surface area contributed by atoms with Gasteiger partial charge in [-0.3, -0.25) is 9.59 Å². The van der Waals surface area contributed by atoms with Crippen LogP contribution >= 0.6 is 0 Å². The molecule has 1 atom stereocenters. The second kappa shape index (κ2) is 7.89. The zero-order valence-corrected chi connectivity index (χ0v) is 15.7. The van der Waals surface area contributed by atoms with E-state index < -0.39 is 0 Å². The van der Waals surface area contributed by atoms with Crippen molar-refractivity contribution in [3.63, 3.8) is 0 Å². The third-order valence-electron chi connectivity index (χ3n) is 6.01. The molecule has 6 heteroatoms. The molecule has 0 radical (unpaired) electrons. The van der Waals surface area contributed by atoms with Gasteiger partial charge in [0.05, 0.1) is 18.2 Å². The molecular formula is C21H28N2O4. The monoisotopic (exact) mass is 372 g/mol. The molecule has 1 aliphatic carbocycles. The third-order valence-corrected chi connectivity index (χ3v) is 6.01. The fourth-order valence-corrected chi connectivity index (χ4v) is 4.38. The molecule has 1 saturated heterocycles. The first-order chi connectivity index (χ1) is 13.1. The molecule has 0 bridgehead atoms. The van der Waals surface area contributed by atoms with Gasteiger partial charge in [0.2, 0.25) is 5.91 Å². The van der Waals surface area contributed by atoms with Gasteiger partial charge < -0.3 is 20.1 Å². The number of hydrogen-bond acceptors (Lipinski definition) is 4. The Morgan fingerprint density at radius 1 is 1.22 bits per heavy atom. The second-order valence-corrected chi connectivity index (χ2v) is 7.98. The van der Waals surface area contributed by atoms with Crippen LogP contribution in [-0.2, 0) is 9.53 Å². The number of para-hydroxylation sites is 1. The van der Waals surface area contributed by atoms with Crippen molar-refractivity contribution in [2.75, 3.05) is 13.2 Å². The highest BCUT2D eigenvalue weighted by atomic mass is 16.5. The van der Waals surface area contributed by atoms with Gasteiger partial charge in [-0.25, -0.2) is 0 Å². The molecule has 2 heterocycles. The van der Waals surface area contributed by atoms with Crippen molar-refractivity contribution in [1.29, 1.82) is 0 Å². The normalized spacial score (nSPS) is 30.1. The molecule has 2 amide bonds. The zero-order chi connectivity index (χ0) is 18.7. The van der Waals surface area contributed by atoms with Gasteiger partial charge in [0.25, 0.3) is 5.91 Å². The predicted octanol–water partition coefficient (Wildman–Crippen LogP) is 2.57. The minimum atomic E-state index is -0.374. The highest BCUT2D eigenvalue weighted by molar-refractivity contribution is 5.97. The minimum absolute atomic E-state index is 0.0768. The van der Waals surface area contributed by atoms with Crippen molar-refractivity contribution in [1.82, 2.24) is 10.6 Å². The molecule has 146 valence electrons. The molecule has 2 fully saturated rings. The molecule has 27 heavy (non-hydrogen) atoms. The summed E-state index contributed by atoms with van der Waals surface area (Å²) < 4.78 is 11.9. The summed E-state index contributed by atoms with van der Waals surface area (Å²) in [5, 5.41) is 6.17. The van der Waals surface area contributed by atoms with E-state index in [1.54, 1.807) is 6.07 Å². The van der Waals surface area contributed by atoms with Crippen molar-refractivity contribution < 1.29 is 19.1 Å². The van der Waals surface area contributed by atoms with Gasteiger partial charge in [-0.2, -0.15) is 0 Å². The number of amides is 2. The lowest BCUT2D eigenvalue weighted by Gasteiger charge is -2.39. The summed E-state index contributed by atoms with van der Waals surface area (Å²) in [6, 6.07) is 7.59. The number of benzene rings is 1. The number of carbonyl (C=O) groups excluding carboxylic acids is 2. The van der Waals surface area contributed by atoms with E-state index in [0.717, 1.165) is 51.6 Å². The largest absolute Gasteiger partial charge is 0.485 e. The fourth-order valence-electron chi connectivity index (χ4n) is 4.38. The maximum atomic E-state index is 12.3. The van der Waals surface area contributed by atoms with Crippen molar-refractivity contribution in [2.24, 2.45) is 0 Å². The summed E-state index contributed by atoms with van der Waals surface area (Å²) in [5.74, 6) is 0.700. The average molecular weight is 372 g/mol. The van der Waals surface area contributed by atoms with E-state index in [-0.39, 0.29) is 29.6 Å². The highest BCUT2D eigenvalue weighted by Crippen LogP contribution is 2.36. The maximum absolute atomic E-state index is 12.3. The summed E-state index contributed by atoms with van der Waals surface area (Å²) >= 11 is 0. The molecule has 1 spiro atoms. The molecule has 2 N–H and O–H groups in total. The Morgan fingerprint density at radius 2 is 2.04 bits per heavy atom. The van der Waals surface area contributed by atoms with Crippen LogP contribution < -0.4 is 15.4 Å². The van der Waals surface area contributed by atoms with E-state index in [9.17, 15) is 9.59 Å². The van der Waals surface area contributed by atoms with Crippen LogP contribution in [0.3, 0.4) is 0 Å². The van der Waals surface area contributed by atoms with E-state index in [1.165, 1.54) is 0 Å². The zero-order valence-electron chi connectivity index (χ0n) is 15.7. The first-order valence-electron chi connectivity index (χ1n) is 10.1. The summed E-state index contributed by atoms with van der Waals surface area (Å²) in [5.41, 5.74) is 0.222. The Hall–Kier alpha value is -2.08. The Bertz CT molecular complexity index is 691.